The number of H-pyrrole nitrogens is 1. The van der Waals surface area contributed by atoms with Crippen LogP contribution in [0.15, 0.2) is 49.2 Å². The lowest BCUT2D eigenvalue weighted by molar-refractivity contribution is -0.192. The van der Waals surface area contributed by atoms with E-state index in [0.717, 1.165) is 27.5 Å². The van der Waals surface area contributed by atoms with E-state index in [-0.39, 0.29) is 6.04 Å². The minimum atomic E-state index is -5.08. The molecule has 0 bridgehead atoms. The van der Waals surface area contributed by atoms with Gasteiger partial charge in [0.05, 0.1) is 23.5 Å². The van der Waals surface area contributed by atoms with Crippen LogP contribution >= 0.6 is 0 Å². The van der Waals surface area contributed by atoms with Gasteiger partial charge in [-0.1, -0.05) is 6.07 Å². The molecule has 0 saturated heterocycles. The van der Waals surface area contributed by atoms with E-state index in [2.05, 4.69) is 50.2 Å². The van der Waals surface area contributed by atoms with Gasteiger partial charge in [-0.25, -0.2) is 19.4 Å². The Bertz CT molecular complexity index is 1530. The molecular formula is C22H20F3N9O2. The lowest BCUT2D eigenvalue weighted by Gasteiger charge is -2.08. The number of nitrogens with zero attached hydrogens (tertiary/aromatic N) is 6. The number of carbonyl (C=O) groups is 1. The van der Waals surface area contributed by atoms with Crippen molar-refractivity contribution in [1.82, 2.24) is 34.7 Å². The minimum absolute atomic E-state index is 0.101. The summed E-state index contributed by atoms with van der Waals surface area (Å²) in [7, 11) is 0. The van der Waals surface area contributed by atoms with E-state index in [0.29, 0.717) is 23.1 Å². The SMILES string of the molecule is CC(C)n1nc(-c2ccc3[nH]ccc3c2)c2c(N)nc(Nc3cncnc3)nc21.O=C(O)C(F)(F)F. The van der Waals surface area contributed by atoms with Gasteiger partial charge in [0.1, 0.15) is 17.8 Å². The monoisotopic (exact) mass is 499 g/mol. The van der Waals surface area contributed by atoms with Crippen molar-refractivity contribution in [3.63, 3.8) is 0 Å². The van der Waals surface area contributed by atoms with E-state index in [4.69, 9.17) is 20.7 Å². The van der Waals surface area contributed by atoms with Gasteiger partial charge < -0.3 is 21.1 Å². The Balaban J connectivity index is 0.000000384. The number of hydrogen-bond acceptors (Lipinski definition) is 8. The second kappa shape index (κ2) is 9.48. The molecule has 5 aromatic rings. The molecule has 186 valence electrons. The molecule has 0 aliphatic rings. The van der Waals surface area contributed by atoms with Crippen LogP contribution in [0.4, 0.5) is 30.6 Å². The molecule has 5 N–H and O–H groups in total. The summed E-state index contributed by atoms with van der Waals surface area (Å²) in [6, 6.07) is 8.28. The van der Waals surface area contributed by atoms with Gasteiger partial charge in [-0.15, -0.1) is 0 Å². The number of nitrogens with two attached hydrogens (primary N) is 1. The highest BCUT2D eigenvalue weighted by Gasteiger charge is 2.38. The third-order valence-corrected chi connectivity index (χ3v) is 4.95. The standard InChI is InChI=1S/C20H19N9.C2HF3O2/c1-11(2)29-19-16(17(28-29)13-3-4-15-12(7-13)5-6-24-15)18(21)26-20(27-19)25-14-8-22-10-23-9-14;3-2(4,5)1(6)7/h3-11,24H,1-2H3,(H3,21,25,26,27);(H,6,7). The van der Waals surface area contributed by atoms with E-state index in [1.54, 1.807) is 12.4 Å². The first-order chi connectivity index (χ1) is 17.0. The van der Waals surface area contributed by atoms with Gasteiger partial charge in [-0.05, 0) is 32.0 Å². The molecule has 0 atom stereocenters. The normalized spacial score (nSPS) is 11.5. The van der Waals surface area contributed by atoms with Crippen LogP contribution in [0.3, 0.4) is 0 Å². The summed E-state index contributed by atoms with van der Waals surface area (Å²) in [6.07, 6.45) is 1.59. The fourth-order valence-corrected chi connectivity index (χ4v) is 3.38. The van der Waals surface area contributed by atoms with Gasteiger partial charge in [0, 0.05) is 28.7 Å². The molecular weight excluding hydrogens is 479 g/mol. The van der Waals surface area contributed by atoms with Crippen LogP contribution in [0.1, 0.15) is 19.9 Å². The van der Waals surface area contributed by atoms with Gasteiger partial charge in [0.25, 0.3) is 0 Å². The van der Waals surface area contributed by atoms with Crippen molar-refractivity contribution in [3.05, 3.63) is 49.2 Å². The number of anilines is 3. The van der Waals surface area contributed by atoms with Crippen molar-refractivity contribution in [1.29, 1.82) is 0 Å². The molecule has 4 heterocycles. The second-order valence-electron chi connectivity index (χ2n) is 7.85. The molecule has 0 unspecified atom stereocenters. The average molecular weight is 499 g/mol. The van der Waals surface area contributed by atoms with E-state index in [9.17, 15) is 13.2 Å². The van der Waals surface area contributed by atoms with Gasteiger partial charge in [0.15, 0.2) is 5.65 Å². The zero-order chi connectivity index (χ0) is 26.0. The number of aromatic amines is 1. The number of nitrogen functional groups attached to an aromatic ring is 1. The predicted octanol–water partition coefficient (Wildman–Crippen LogP) is 4.30. The number of nitrogens with one attached hydrogen (secondary N) is 2. The van der Waals surface area contributed by atoms with Crippen molar-refractivity contribution < 1.29 is 23.1 Å². The Morgan fingerprint density at radius 3 is 2.50 bits per heavy atom. The molecule has 0 aliphatic carbocycles. The summed E-state index contributed by atoms with van der Waals surface area (Å²) in [5.74, 6) is -2.02. The first kappa shape index (κ1) is 24.4. The number of benzene rings is 1. The van der Waals surface area contributed by atoms with Crippen LogP contribution < -0.4 is 11.1 Å². The molecule has 36 heavy (non-hydrogen) atoms. The van der Waals surface area contributed by atoms with Gasteiger partial charge >= 0.3 is 12.1 Å². The van der Waals surface area contributed by atoms with Crippen molar-refractivity contribution in [2.75, 3.05) is 11.1 Å². The summed E-state index contributed by atoms with van der Waals surface area (Å²) >= 11 is 0. The topological polar surface area (TPSA) is 161 Å². The number of alkyl halides is 3. The average Bonchev–Trinajstić information content (AvgIpc) is 3.44. The van der Waals surface area contributed by atoms with Crippen molar-refractivity contribution >= 4 is 45.4 Å². The molecule has 0 aliphatic heterocycles. The van der Waals surface area contributed by atoms with Gasteiger partial charge in [-0.2, -0.15) is 28.2 Å². The molecule has 0 saturated carbocycles. The van der Waals surface area contributed by atoms with E-state index >= 15 is 0 Å². The fraction of sp³-hybridized carbons (Fsp3) is 0.182. The van der Waals surface area contributed by atoms with Crippen LogP contribution in [0.5, 0.6) is 0 Å². The molecule has 0 spiro atoms. The Morgan fingerprint density at radius 1 is 1.17 bits per heavy atom. The van der Waals surface area contributed by atoms with Crippen molar-refractivity contribution in [2.45, 2.75) is 26.1 Å². The number of aromatic nitrogens is 7. The van der Waals surface area contributed by atoms with Crippen LogP contribution in [-0.2, 0) is 4.79 Å². The summed E-state index contributed by atoms with van der Waals surface area (Å²) in [5, 5.41) is 16.9. The first-order valence-electron chi connectivity index (χ1n) is 10.5. The van der Waals surface area contributed by atoms with E-state index < -0.39 is 12.1 Å². The van der Waals surface area contributed by atoms with Crippen molar-refractivity contribution in [3.8, 4) is 11.3 Å². The van der Waals surface area contributed by atoms with Crippen LogP contribution in [0, 0.1) is 0 Å². The summed E-state index contributed by atoms with van der Waals surface area (Å²) in [5.41, 5.74) is 10.5. The lowest BCUT2D eigenvalue weighted by Crippen LogP contribution is -2.21. The number of carboxylic acid groups (broad SMARTS) is 1. The molecule has 5 rings (SSSR count). The quantitative estimate of drug-likeness (QED) is 0.282. The Morgan fingerprint density at radius 2 is 1.86 bits per heavy atom. The van der Waals surface area contributed by atoms with Gasteiger partial charge in [-0.3, -0.25) is 0 Å². The second-order valence-corrected chi connectivity index (χ2v) is 7.85. The molecule has 11 nitrogen and oxygen atoms in total. The van der Waals surface area contributed by atoms with Crippen molar-refractivity contribution in [2.24, 2.45) is 0 Å². The zero-order valence-electron chi connectivity index (χ0n) is 18.9. The fourth-order valence-electron chi connectivity index (χ4n) is 3.38. The lowest BCUT2D eigenvalue weighted by atomic mass is 10.1. The molecule has 0 radical (unpaired) electrons. The highest BCUT2D eigenvalue weighted by Crippen LogP contribution is 2.34. The Kier molecular flexibility index (Phi) is 6.42. The summed E-state index contributed by atoms with van der Waals surface area (Å²) < 4.78 is 33.6. The van der Waals surface area contributed by atoms with E-state index in [1.807, 2.05) is 29.1 Å². The van der Waals surface area contributed by atoms with Gasteiger partial charge in [0.2, 0.25) is 5.95 Å². The smallest absolute Gasteiger partial charge is 0.475 e. The summed E-state index contributed by atoms with van der Waals surface area (Å²) in [6.45, 7) is 4.12. The third kappa shape index (κ3) is 5.01. The molecule has 14 heteroatoms. The van der Waals surface area contributed by atoms with Crippen LogP contribution in [0.25, 0.3) is 33.2 Å². The highest BCUT2D eigenvalue weighted by atomic mass is 19.4. The van der Waals surface area contributed by atoms with E-state index in [1.165, 1.54) is 6.33 Å². The molecule has 0 amide bonds. The van der Waals surface area contributed by atoms with Crippen LogP contribution in [0.2, 0.25) is 0 Å². The number of fused-ring (bicyclic) bond motifs is 2. The Hall–Kier alpha value is -4.75. The first-order valence-corrected chi connectivity index (χ1v) is 10.5. The maximum absolute atomic E-state index is 10.6. The highest BCUT2D eigenvalue weighted by molar-refractivity contribution is 6.00. The zero-order valence-corrected chi connectivity index (χ0v) is 18.9. The van der Waals surface area contributed by atoms with Crippen LogP contribution in [-0.4, -0.2) is 52.0 Å². The molecule has 4 aromatic heterocycles. The largest absolute Gasteiger partial charge is 0.490 e. The maximum Gasteiger partial charge on any atom is 0.490 e. The number of hydrogen-bond donors (Lipinski definition) is 4. The number of aliphatic carboxylic acids is 1. The Labute approximate surface area is 201 Å². The minimum Gasteiger partial charge on any atom is -0.475 e. The third-order valence-electron chi connectivity index (χ3n) is 4.95. The number of carboxylic acids is 1. The summed E-state index contributed by atoms with van der Waals surface area (Å²) in [4.78, 5) is 29.2. The molecule has 0 fully saturated rings. The number of halogens is 3. The predicted molar refractivity (Wildman–Crippen MR) is 126 cm³/mol. The maximum atomic E-state index is 10.6. The molecule has 1 aromatic carbocycles. The number of rotatable bonds is 4.